The number of hydrogen-bond acceptors (Lipinski definition) is 4. The van der Waals surface area contributed by atoms with Gasteiger partial charge in [-0.2, -0.15) is 0 Å². The van der Waals surface area contributed by atoms with Crippen molar-refractivity contribution >= 4 is 11.7 Å². The molecule has 1 aromatic carbocycles. The van der Waals surface area contributed by atoms with Gasteiger partial charge in [0.25, 0.3) is 11.7 Å². The molecule has 0 bridgehead atoms. The van der Waals surface area contributed by atoms with Crippen LogP contribution < -0.4 is 10.1 Å². The fourth-order valence-electron chi connectivity index (χ4n) is 1.47. The molecule has 0 fully saturated rings. The lowest BCUT2D eigenvalue weighted by molar-refractivity contribution is -0.117. The maximum absolute atomic E-state index is 11.9. The highest BCUT2D eigenvalue weighted by atomic mass is 16.5. The largest absolute Gasteiger partial charge is 0.496 e. The number of methoxy groups -OCH3 is 2. The first-order valence-corrected chi connectivity index (χ1v) is 5.56. The maximum Gasteiger partial charge on any atom is 0.292 e. The Kier molecular flexibility index (Phi) is 5.32. The van der Waals surface area contributed by atoms with Crippen LogP contribution in [0.2, 0.25) is 0 Å². The van der Waals surface area contributed by atoms with Gasteiger partial charge < -0.3 is 14.8 Å². The van der Waals surface area contributed by atoms with Crippen molar-refractivity contribution in [2.24, 2.45) is 0 Å². The molecule has 0 aromatic heterocycles. The molecule has 0 heterocycles. The molecule has 1 rings (SSSR count). The number of carbonyl (C=O) groups is 2. The van der Waals surface area contributed by atoms with Gasteiger partial charge in [0, 0.05) is 13.7 Å². The summed E-state index contributed by atoms with van der Waals surface area (Å²) in [6.45, 7) is 2.51. The lowest BCUT2D eigenvalue weighted by Crippen LogP contribution is -2.33. The van der Waals surface area contributed by atoms with E-state index in [1.807, 2.05) is 13.0 Å². The van der Waals surface area contributed by atoms with Gasteiger partial charge >= 0.3 is 0 Å². The summed E-state index contributed by atoms with van der Waals surface area (Å²) in [5.74, 6) is -0.866. The molecule has 0 radical (unpaired) electrons. The summed E-state index contributed by atoms with van der Waals surface area (Å²) in [5.41, 5.74) is 1.16. The molecular formula is C13H17NO4. The quantitative estimate of drug-likeness (QED) is 0.464. The zero-order valence-corrected chi connectivity index (χ0v) is 10.8. The number of ether oxygens (including phenoxy) is 2. The lowest BCUT2D eigenvalue weighted by Gasteiger charge is -2.08. The van der Waals surface area contributed by atoms with E-state index in [4.69, 9.17) is 9.47 Å². The van der Waals surface area contributed by atoms with Crippen LogP contribution in [-0.2, 0) is 9.53 Å². The van der Waals surface area contributed by atoms with Crippen LogP contribution in [0.3, 0.4) is 0 Å². The Bertz CT molecular complexity index is 443. The Morgan fingerprint density at radius 1 is 1.28 bits per heavy atom. The number of rotatable bonds is 6. The minimum absolute atomic E-state index is 0.271. The van der Waals surface area contributed by atoms with E-state index in [2.05, 4.69) is 5.32 Å². The van der Waals surface area contributed by atoms with Crippen molar-refractivity contribution in [1.29, 1.82) is 0 Å². The van der Waals surface area contributed by atoms with Crippen LogP contribution in [0.15, 0.2) is 18.2 Å². The molecular weight excluding hydrogens is 234 g/mol. The van der Waals surface area contributed by atoms with Gasteiger partial charge in [-0.1, -0.05) is 11.6 Å². The summed E-state index contributed by atoms with van der Waals surface area (Å²) >= 11 is 0. The molecule has 1 aromatic rings. The molecule has 0 atom stereocenters. The molecule has 0 aliphatic rings. The van der Waals surface area contributed by atoms with Gasteiger partial charge in [0.05, 0.1) is 19.3 Å². The van der Waals surface area contributed by atoms with Crippen molar-refractivity contribution < 1.29 is 19.1 Å². The van der Waals surface area contributed by atoms with Gasteiger partial charge in [-0.15, -0.1) is 0 Å². The second-order valence-corrected chi connectivity index (χ2v) is 3.78. The van der Waals surface area contributed by atoms with E-state index in [1.165, 1.54) is 14.2 Å². The van der Waals surface area contributed by atoms with E-state index in [0.717, 1.165) is 5.56 Å². The topological polar surface area (TPSA) is 64.6 Å². The second kappa shape index (κ2) is 6.76. The summed E-state index contributed by atoms with van der Waals surface area (Å²) < 4.78 is 9.86. The molecule has 1 amide bonds. The zero-order valence-electron chi connectivity index (χ0n) is 10.8. The monoisotopic (exact) mass is 251 g/mol. The number of amides is 1. The summed E-state index contributed by atoms with van der Waals surface area (Å²) in [6, 6.07) is 5.13. The molecule has 0 aliphatic heterocycles. The average Bonchev–Trinajstić information content (AvgIpc) is 2.38. The highest BCUT2D eigenvalue weighted by molar-refractivity contribution is 6.43. The summed E-state index contributed by atoms with van der Waals surface area (Å²) in [4.78, 5) is 23.6. The van der Waals surface area contributed by atoms with Crippen molar-refractivity contribution in [3.63, 3.8) is 0 Å². The third-order valence-electron chi connectivity index (χ3n) is 2.40. The molecule has 18 heavy (non-hydrogen) atoms. The van der Waals surface area contributed by atoms with Crippen LogP contribution >= 0.6 is 0 Å². The van der Waals surface area contributed by atoms with Crippen molar-refractivity contribution in [1.82, 2.24) is 5.32 Å². The molecule has 0 unspecified atom stereocenters. The number of nitrogens with one attached hydrogen (secondary N) is 1. The summed E-state index contributed by atoms with van der Waals surface area (Å²) in [5, 5.41) is 2.48. The predicted octanol–water partition coefficient (Wildman–Crippen LogP) is 0.949. The standard InChI is InChI=1S/C13H17NO4/c1-9-4-5-11(18-3)10(8-9)12(15)13(16)14-6-7-17-2/h4-5,8H,6-7H2,1-3H3,(H,14,16). The fourth-order valence-corrected chi connectivity index (χ4v) is 1.47. The Hall–Kier alpha value is -1.88. The highest BCUT2D eigenvalue weighted by Crippen LogP contribution is 2.20. The normalized spacial score (nSPS) is 9.94. The molecule has 0 aliphatic carbocycles. The fraction of sp³-hybridized carbons (Fsp3) is 0.385. The number of benzene rings is 1. The average molecular weight is 251 g/mol. The highest BCUT2D eigenvalue weighted by Gasteiger charge is 2.19. The first-order valence-electron chi connectivity index (χ1n) is 5.56. The van der Waals surface area contributed by atoms with Crippen molar-refractivity contribution in [3.05, 3.63) is 29.3 Å². The van der Waals surface area contributed by atoms with Crippen LogP contribution in [0.5, 0.6) is 5.75 Å². The number of hydrogen-bond donors (Lipinski definition) is 1. The number of Topliss-reactive ketones (excluding diaryl/α,β-unsaturated/α-hetero) is 1. The number of carbonyl (C=O) groups excluding carboxylic acids is 2. The molecule has 1 N–H and O–H groups in total. The van der Waals surface area contributed by atoms with Crippen molar-refractivity contribution in [3.8, 4) is 5.75 Å². The van der Waals surface area contributed by atoms with Crippen LogP contribution in [0.1, 0.15) is 15.9 Å². The SMILES string of the molecule is COCCNC(=O)C(=O)c1cc(C)ccc1OC. The van der Waals surface area contributed by atoms with Gasteiger partial charge in [0.2, 0.25) is 0 Å². The van der Waals surface area contributed by atoms with E-state index < -0.39 is 11.7 Å². The molecule has 0 spiro atoms. The minimum atomic E-state index is -0.657. The second-order valence-electron chi connectivity index (χ2n) is 3.78. The lowest BCUT2D eigenvalue weighted by atomic mass is 10.1. The summed E-state index contributed by atoms with van der Waals surface area (Å²) in [6.07, 6.45) is 0. The van der Waals surface area contributed by atoms with Crippen LogP contribution in [0.4, 0.5) is 0 Å². The van der Waals surface area contributed by atoms with E-state index in [0.29, 0.717) is 18.9 Å². The Balaban J connectivity index is 2.82. The molecule has 98 valence electrons. The van der Waals surface area contributed by atoms with Gasteiger partial charge in [-0.3, -0.25) is 9.59 Å². The molecule has 5 heteroatoms. The Morgan fingerprint density at radius 3 is 2.61 bits per heavy atom. The van der Waals surface area contributed by atoms with E-state index in [9.17, 15) is 9.59 Å². The Morgan fingerprint density at radius 2 is 2.00 bits per heavy atom. The Labute approximate surface area is 106 Å². The zero-order chi connectivity index (χ0) is 13.5. The third-order valence-corrected chi connectivity index (χ3v) is 2.40. The molecule has 0 saturated heterocycles. The smallest absolute Gasteiger partial charge is 0.292 e. The third kappa shape index (κ3) is 3.56. The van der Waals surface area contributed by atoms with E-state index in [-0.39, 0.29) is 5.56 Å². The summed E-state index contributed by atoms with van der Waals surface area (Å²) in [7, 11) is 2.99. The van der Waals surface area contributed by atoms with Gasteiger partial charge in [0.15, 0.2) is 0 Å². The number of aryl methyl sites for hydroxylation is 1. The van der Waals surface area contributed by atoms with E-state index in [1.54, 1.807) is 12.1 Å². The minimum Gasteiger partial charge on any atom is -0.496 e. The predicted molar refractivity (Wildman–Crippen MR) is 66.9 cm³/mol. The maximum atomic E-state index is 11.9. The van der Waals surface area contributed by atoms with Crippen molar-refractivity contribution in [2.45, 2.75) is 6.92 Å². The molecule has 5 nitrogen and oxygen atoms in total. The van der Waals surface area contributed by atoms with Crippen molar-refractivity contribution in [2.75, 3.05) is 27.4 Å². The van der Waals surface area contributed by atoms with Gasteiger partial charge in [0.1, 0.15) is 5.75 Å². The van der Waals surface area contributed by atoms with Gasteiger partial charge in [-0.25, -0.2) is 0 Å². The van der Waals surface area contributed by atoms with Crippen LogP contribution in [-0.4, -0.2) is 39.1 Å². The molecule has 0 saturated carbocycles. The van der Waals surface area contributed by atoms with E-state index >= 15 is 0 Å². The number of ketones is 1. The van der Waals surface area contributed by atoms with Gasteiger partial charge in [-0.05, 0) is 19.1 Å². The first-order chi connectivity index (χ1) is 8.60. The van der Waals surface area contributed by atoms with Crippen LogP contribution in [0, 0.1) is 6.92 Å². The van der Waals surface area contributed by atoms with Crippen LogP contribution in [0.25, 0.3) is 0 Å². The first kappa shape index (κ1) is 14.2.